The Balaban J connectivity index is 1.77. The van der Waals surface area contributed by atoms with Crippen LogP contribution in [-0.2, 0) is 17.8 Å². The van der Waals surface area contributed by atoms with E-state index >= 15 is 0 Å². The van der Waals surface area contributed by atoms with Crippen molar-refractivity contribution in [3.05, 3.63) is 47.8 Å². The number of carbonyl (C=O) groups excluding carboxylic acids is 1. The summed E-state index contributed by atoms with van der Waals surface area (Å²) in [6.45, 7) is 1.20. The molecule has 1 aromatic carbocycles. The molecule has 0 aliphatic carbocycles. The molecule has 1 aliphatic rings. The number of carbonyl (C=O) groups is 1. The topological polar surface area (TPSA) is 54.5 Å². The number of aromatic nitrogens is 1. The van der Waals surface area contributed by atoms with E-state index in [4.69, 9.17) is 0 Å². The fourth-order valence-corrected chi connectivity index (χ4v) is 2.59. The minimum Gasteiger partial charge on any atom is -0.404 e. The van der Waals surface area contributed by atoms with E-state index in [2.05, 4.69) is 15.0 Å². The minimum absolute atomic E-state index is 0.375. The van der Waals surface area contributed by atoms with Gasteiger partial charge in [-0.05, 0) is 29.7 Å². The van der Waals surface area contributed by atoms with E-state index in [9.17, 15) is 18.0 Å². The lowest BCUT2D eigenvalue weighted by Crippen LogP contribution is -2.29. The second-order valence-electron chi connectivity index (χ2n) is 5.39. The number of rotatable bonds is 4. The molecule has 1 aliphatic heterocycles. The fraction of sp³-hybridized carbons (Fsp3) is 0.250. The summed E-state index contributed by atoms with van der Waals surface area (Å²) in [6, 6.07) is 6.88. The number of ether oxygens (including phenoxy) is 1. The first-order valence-electron chi connectivity index (χ1n) is 7.22. The summed E-state index contributed by atoms with van der Waals surface area (Å²) in [6.07, 6.45) is -0.770. The van der Waals surface area contributed by atoms with Crippen LogP contribution in [0.15, 0.2) is 36.7 Å². The fourth-order valence-electron chi connectivity index (χ4n) is 2.59. The highest BCUT2D eigenvalue weighted by molar-refractivity contribution is 5.62. The van der Waals surface area contributed by atoms with Gasteiger partial charge in [0.1, 0.15) is 5.75 Å². The van der Waals surface area contributed by atoms with Gasteiger partial charge in [0.25, 0.3) is 0 Å². The smallest absolute Gasteiger partial charge is 0.404 e. The Bertz CT molecular complexity index is 750. The number of nitrogens with zero attached hydrogens (tertiary/aromatic N) is 2. The largest absolute Gasteiger partial charge is 0.573 e. The van der Waals surface area contributed by atoms with Crippen molar-refractivity contribution in [2.24, 2.45) is 0 Å². The van der Waals surface area contributed by atoms with Crippen molar-refractivity contribution < 1.29 is 22.7 Å². The normalized spacial score (nSPS) is 14.0. The number of amides is 1. The number of alkyl halides is 3. The number of halogens is 3. The van der Waals surface area contributed by atoms with Gasteiger partial charge in [0.05, 0.1) is 18.1 Å². The van der Waals surface area contributed by atoms with Gasteiger partial charge in [-0.2, -0.15) is 0 Å². The highest BCUT2D eigenvalue weighted by Gasteiger charge is 2.31. The average molecular weight is 337 g/mol. The van der Waals surface area contributed by atoms with Crippen LogP contribution in [0.3, 0.4) is 0 Å². The van der Waals surface area contributed by atoms with Gasteiger partial charge in [0.2, 0.25) is 6.41 Å². The van der Waals surface area contributed by atoms with Gasteiger partial charge >= 0.3 is 6.36 Å². The van der Waals surface area contributed by atoms with Crippen LogP contribution >= 0.6 is 0 Å². The summed E-state index contributed by atoms with van der Waals surface area (Å²) in [7, 11) is 0. The van der Waals surface area contributed by atoms with Crippen LogP contribution in [0.2, 0.25) is 0 Å². The van der Waals surface area contributed by atoms with Gasteiger partial charge in [-0.1, -0.05) is 6.07 Å². The third-order valence-corrected chi connectivity index (χ3v) is 3.63. The number of fused-ring (bicyclic) bond motifs is 1. The zero-order valence-electron chi connectivity index (χ0n) is 12.5. The summed E-state index contributed by atoms with van der Waals surface area (Å²) in [5.41, 5.74) is 3.24. The number of nitrogens with one attached hydrogen (secondary N) is 1. The molecular weight excluding hydrogens is 323 g/mol. The molecule has 0 fully saturated rings. The minimum atomic E-state index is -4.76. The Kier molecular flexibility index (Phi) is 4.28. The average Bonchev–Trinajstić information content (AvgIpc) is 2.53. The summed E-state index contributed by atoms with van der Waals surface area (Å²) < 4.78 is 40.6. The SMILES string of the molecule is O=CN1CCc2ccc(Nc3cncc(OC(F)(F)F)c3)cc2C1. The van der Waals surface area contributed by atoms with Gasteiger partial charge < -0.3 is 15.0 Å². The van der Waals surface area contributed by atoms with Gasteiger partial charge in [-0.15, -0.1) is 13.2 Å². The molecule has 5 nitrogen and oxygen atoms in total. The van der Waals surface area contributed by atoms with Gasteiger partial charge in [0.15, 0.2) is 0 Å². The Labute approximate surface area is 136 Å². The molecule has 126 valence electrons. The van der Waals surface area contributed by atoms with E-state index in [1.807, 2.05) is 18.2 Å². The van der Waals surface area contributed by atoms with Gasteiger partial charge in [-0.25, -0.2) is 0 Å². The molecule has 0 unspecified atom stereocenters. The Morgan fingerprint density at radius 3 is 2.75 bits per heavy atom. The van der Waals surface area contributed by atoms with Crippen LogP contribution < -0.4 is 10.1 Å². The van der Waals surface area contributed by atoms with Crippen LogP contribution in [0, 0.1) is 0 Å². The van der Waals surface area contributed by atoms with Crippen LogP contribution in [0.4, 0.5) is 24.5 Å². The van der Waals surface area contributed by atoms with E-state index in [1.54, 1.807) is 4.90 Å². The quantitative estimate of drug-likeness (QED) is 0.871. The zero-order valence-corrected chi connectivity index (χ0v) is 12.5. The van der Waals surface area contributed by atoms with E-state index in [0.29, 0.717) is 24.5 Å². The zero-order chi connectivity index (χ0) is 17.2. The van der Waals surface area contributed by atoms with Crippen LogP contribution in [0.5, 0.6) is 5.75 Å². The van der Waals surface area contributed by atoms with E-state index in [0.717, 1.165) is 30.2 Å². The predicted molar refractivity (Wildman–Crippen MR) is 80.8 cm³/mol. The van der Waals surface area contributed by atoms with E-state index in [1.165, 1.54) is 12.3 Å². The molecule has 1 N–H and O–H groups in total. The van der Waals surface area contributed by atoms with E-state index < -0.39 is 12.1 Å². The molecule has 2 aromatic rings. The van der Waals surface area contributed by atoms with Crippen molar-refractivity contribution in [1.82, 2.24) is 9.88 Å². The van der Waals surface area contributed by atoms with E-state index in [-0.39, 0.29) is 0 Å². The number of anilines is 2. The first-order chi connectivity index (χ1) is 11.4. The third-order valence-electron chi connectivity index (χ3n) is 3.63. The number of benzene rings is 1. The van der Waals surface area contributed by atoms with Crippen LogP contribution in [-0.4, -0.2) is 29.2 Å². The van der Waals surface area contributed by atoms with Crippen molar-refractivity contribution in [2.45, 2.75) is 19.3 Å². The molecule has 24 heavy (non-hydrogen) atoms. The monoisotopic (exact) mass is 337 g/mol. The first-order valence-corrected chi connectivity index (χ1v) is 7.22. The molecule has 0 saturated heterocycles. The molecular formula is C16H14F3N3O2. The lowest BCUT2D eigenvalue weighted by Gasteiger charge is -2.25. The Morgan fingerprint density at radius 2 is 2.00 bits per heavy atom. The van der Waals surface area contributed by atoms with Crippen molar-refractivity contribution in [3.8, 4) is 5.75 Å². The predicted octanol–water partition coefficient (Wildman–Crippen LogP) is 3.24. The molecule has 0 bridgehead atoms. The lowest BCUT2D eigenvalue weighted by molar-refractivity contribution is -0.274. The first kappa shape index (κ1) is 16.1. The molecule has 1 amide bonds. The van der Waals surface area contributed by atoms with Crippen LogP contribution in [0.1, 0.15) is 11.1 Å². The second-order valence-corrected chi connectivity index (χ2v) is 5.39. The number of hydrogen-bond acceptors (Lipinski definition) is 4. The van der Waals surface area contributed by atoms with Gasteiger partial charge in [-0.3, -0.25) is 9.78 Å². The standard InChI is InChI=1S/C16H14F3N3O2/c17-16(18,19)24-15-6-14(7-20-8-15)21-13-2-1-11-3-4-22(10-23)9-12(11)5-13/h1-2,5-8,10,21H,3-4,9H2. The summed E-state index contributed by atoms with van der Waals surface area (Å²) in [4.78, 5) is 16.3. The molecule has 0 atom stereocenters. The molecule has 0 saturated carbocycles. The van der Waals surface area contributed by atoms with Gasteiger partial charge in [0, 0.05) is 24.8 Å². The van der Waals surface area contributed by atoms with Crippen LogP contribution in [0.25, 0.3) is 0 Å². The highest BCUT2D eigenvalue weighted by atomic mass is 19.4. The summed E-state index contributed by atoms with van der Waals surface area (Å²) >= 11 is 0. The molecule has 0 radical (unpaired) electrons. The molecule has 0 spiro atoms. The number of hydrogen-bond donors (Lipinski definition) is 1. The Morgan fingerprint density at radius 1 is 1.17 bits per heavy atom. The number of pyridine rings is 1. The third kappa shape index (κ3) is 3.95. The molecule has 8 heteroatoms. The molecule has 1 aromatic heterocycles. The van der Waals surface area contributed by atoms with Crippen molar-refractivity contribution in [2.75, 3.05) is 11.9 Å². The maximum Gasteiger partial charge on any atom is 0.573 e. The molecule has 2 heterocycles. The van der Waals surface area contributed by atoms with Crippen molar-refractivity contribution >= 4 is 17.8 Å². The maximum absolute atomic E-state index is 12.3. The van der Waals surface area contributed by atoms with Crippen molar-refractivity contribution in [1.29, 1.82) is 0 Å². The Hall–Kier alpha value is -2.77. The second kappa shape index (κ2) is 6.38. The highest BCUT2D eigenvalue weighted by Crippen LogP contribution is 2.27. The summed E-state index contributed by atoms with van der Waals surface area (Å²) in [5.74, 6) is -0.391. The molecule has 3 rings (SSSR count). The maximum atomic E-state index is 12.3. The van der Waals surface area contributed by atoms with Crippen molar-refractivity contribution in [3.63, 3.8) is 0 Å². The lowest BCUT2D eigenvalue weighted by atomic mass is 9.99. The summed E-state index contributed by atoms with van der Waals surface area (Å²) in [5, 5.41) is 3.00.